The van der Waals surface area contributed by atoms with Crippen LogP contribution in [0.15, 0.2) is 0 Å². The van der Waals surface area contributed by atoms with Gasteiger partial charge < -0.3 is 15.0 Å². The minimum atomic E-state index is -0.550. The summed E-state index contributed by atoms with van der Waals surface area (Å²) in [5.41, 5.74) is -0.550. The highest BCUT2D eigenvalue weighted by molar-refractivity contribution is 5.80. The second-order valence-corrected chi connectivity index (χ2v) is 5.60. The van der Waals surface area contributed by atoms with E-state index in [1.807, 2.05) is 20.8 Å². The number of nitrogens with one attached hydrogen (secondary N) is 1. The summed E-state index contributed by atoms with van der Waals surface area (Å²) in [5, 5.41) is 3.30. The molecule has 1 aliphatic carbocycles. The Labute approximate surface area is 117 Å². The molecule has 0 amide bonds. The number of ether oxygens (including phenoxy) is 1. The minimum Gasteiger partial charge on any atom is -0.465 e. The zero-order valence-corrected chi connectivity index (χ0v) is 13.0. The SMILES string of the molecule is CCCN(CCC(C)(NCC)C(=O)OCC)C1CC1. The average Bonchev–Trinajstić information content (AvgIpc) is 3.19. The summed E-state index contributed by atoms with van der Waals surface area (Å²) < 4.78 is 5.21. The first kappa shape index (κ1) is 16.4. The Hall–Kier alpha value is -0.610. The molecular weight excluding hydrogens is 240 g/mol. The van der Waals surface area contributed by atoms with Gasteiger partial charge in [0, 0.05) is 12.6 Å². The number of hydrogen-bond acceptors (Lipinski definition) is 4. The number of carbonyl (C=O) groups is 1. The topological polar surface area (TPSA) is 41.6 Å². The van der Waals surface area contributed by atoms with Crippen LogP contribution < -0.4 is 5.32 Å². The maximum absolute atomic E-state index is 12.1. The molecule has 4 nitrogen and oxygen atoms in total. The van der Waals surface area contributed by atoms with E-state index in [1.54, 1.807) is 0 Å². The molecule has 0 spiro atoms. The Kier molecular flexibility index (Phi) is 6.80. The lowest BCUT2D eigenvalue weighted by atomic mass is 9.97. The fraction of sp³-hybridized carbons (Fsp3) is 0.933. The predicted molar refractivity (Wildman–Crippen MR) is 78.2 cm³/mol. The molecule has 19 heavy (non-hydrogen) atoms. The smallest absolute Gasteiger partial charge is 0.326 e. The van der Waals surface area contributed by atoms with Gasteiger partial charge in [0.2, 0.25) is 0 Å². The maximum atomic E-state index is 12.1. The highest BCUT2D eigenvalue weighted by Gasteiger charge is 2.36. The van der Waals surface area contributed by atoms with Gasteiger partial charge in [-0.2, -0.15) is 0 Å². The van der Waals surface area contributed by atoms with Crippen molar-refractivity contribution in [3.63, 3.8) is 0 Å². The van der Waals surface area contributed by atoms with Gasteiger partial charge in [0.15, 0.2) is 0 Å². The van der Waals surface area contributed by atoms with Crippen molar-refractivity contribution in [3.8, 4) is 0 Å². The Balaban J connectivity index is 2.53. The van der Waals surface area contributed by atoms with E-state index in [-0.39, 0.29) is 5.97 Å². The maximum Gasteiger partial charge on any atom is 0.326 e. The van der Waals surface area contributed by atoms with Crippen molar-refractivity contribution < 1.29 is 9.53 Å². The van der Waals surface area contributed by atoms with E-state index in [2.05, 4.69) is 17.1 Å². The number of nitrogens with zero attached hydrogens (tertiary/aromatic N) is 1. The molecule has 1 aliphatic rings. The third kappa shape index (κ3) is 5.11. The van der Waals surface area contributed by atoms with Crippen LogP contribution in [-0.2, 0) is 9.53 Å². The Bertz CT molecular complexity index is 279. The number of carbonyl (C=O) groups excluding carboxylic acids is 1. The molecule has 0 saturated heterocycles. The molecule has 1 N–H and O–H groups in total. The third-order valence-corrected chi connectivity index (χ3v) is 3.77. The molecule has 0 aromatic carbocycles. The van der Waals surface area contributed by atoms with Gasteiger partial charge in [-0.05, 0) is 52.6 Å². The van der Waals surface area contributed by atoms with Crippen molar-refractivity contribution in [2.75, 3.05) is 26.2 Å². The first-order valence-corrected chi connectivity index (χ1v) is 7.73. The summed E-state index contributed by atoms with van der Waals surface area (Å²) in [7, 11) is 0. The molecule has 0 bridgehead atoms. The van der Waals surface area contributed by atoms with Gasteiger partial charge in [-0.15, -0.1) is 0 Å². The molecule has 1 fully saturated rings. The summed E-state index contributed by atoms with van der Waals surface area (Å²) in [4.78, 5) is 14.6. The molecule has 1 unspecified atom stereocenters. The zero-order valence-electron chi connectivity index (χ0n) is 13.0. The number of rotatable bonds is 10. The fourth-order valence-corrected chi connectivity index (χ4v) is 2.51. The normalized spacial score (nSPS) is 18.4. The molecule has 0 aromatic heterocycles. The number of likely N-dealkylation sites (N-methyl/N-ethyl adjacent to an activating group) is 1. The molecule has 0 aromatic rings. The molecule has 112 valence electrons. The fourth-order valence-electron chi connectivity index (χ4n) is 2.51. The van der Waals surface area contributed by atoms with Crippen LogP contribution in [-0.4, -0.2) is 48.7 Å². The van der Waals surface area contributed by atoms with Crippen molar-refractivity contribution in [1.29, 1.82) is 0 Å². The Morgan fingerprint density at radius 3 is 2.47 bits per heavy atom. The van der Waals surface area contributed by atoms with Crippen LogP contribution in [0.4, 0.5) is 0 Å². The van der Waals surface area contributed by atoms with Gasteiger partial charge in [-0.3, -0.25) is 4.79 Å². The van der Waals surface area contributed by atoms with E-state index in [1.165, 1.54) is 19.3 Å². The first-order chi connectivity index (χ1) is 9.07. The van der Waals surface area contributed by atoms with Crippen molar-refractivity contribution in [2.24, 2.45) is 0 Å². The molecule has 1 atom stereocenters. The standard InChI is InChI=1S/C15H30N2O2/c1-5-11-17(13-8-9-13)12-10-15(4,16-6-2)14(18)19-7-3/h13,16H,5-12H2,1-4H3. The molecule has 0 aliphatic heterocycles. The van der Waals surface area contributed by atoms with Crippen LogP contribution in [0.2, 0.25) is 0 Å². The largest absolute Gasteiger partial charge is 0.465 e. The lowest BCUT2D eigenvalue weighted by molar-refractivity contribution is -0.151. The van der Waals surface area contributed by atoms with Crippen LogP contribution in [0.3, 0.4) is 0 Å². The van der Waals surface area contributed by atoms with Crippen LogP contribution in [0.1, 0.15) is 53.4 Å². The average molecular weight is 270 g/mol. The molecule has 0 heterocycles. The number of hydrogen-bond donors (Lipinski definition) is 1. The van der Waals surface area contributed by atoms with E-state index in [0.717, 1.165) is 32.1 Å². The van der Waals surface area contributed by atoms with Gasteiger partial charge in [-0.25, -0.2) is 0 Å². The van der Waals surface area contributed by atoms with E-state index in [4.69, 9.17) is 4.74 Å². The molecular formula is C15H30N2O2. The van der Waals surface area contributed by atoms with Crippen molar-refractivity contribution in [3.05, 3.63) is 0 Å². The van der Waals surface area contributed by atoms with Crippen LogP contribution in [0, 0.1) is 0 Å². The van der Waals surface area contributed by atoms with E-state index in [0.29, 0.717) is 6.61 Å². The zero-order chi connectivity index (χ0) is 14.3. The van der Waals surface area contributed by atoms with Gasteiger partial charge in [-0.1, -0.05) is 13.8 Å². The van der Waals surface area contributed by atoms with E-state index >= 15 is 0 Å². The first-order valence-electron chi connectivity index (χ1n) is 7.73. The summed E-state index contributed by atoms with van der Waals surface area (Å²) in [6, 6.07) is 0.757. The monoisotopic (exact) mass is 270 g/mol. The minimum absolute atomic E-state index is 0.121. The highest BCUT2D eigenvalue weighted by Crippen LogP contribution is 2.28. The van der Waals surface area contributed by atoms with E-state index in [9.17, 15) is 4.79 Å². The van der Waals surface area contributed by atoms with Gasteiger partial charge >= 0.3 is 5.97 Å². The van der Waals surface area contributed by atoms with Crippen molar-refractivity contribution in [1.82, 2.24) is 10.2 Å². The van der Waals surface area contributed by atoms with Crippen molar-refractivity contribution in [2.45, 2.75) is 65.0 Å². The van der Waals surface area contributed by atoms with Gasteiger partial charge in [0.25, 0.3) is 0 Å². The van der Waals surface area contributed by atoms with Crippen LogP contribution in [0.5, 0.6) is 0 Å². The van der Waals surface area contributed by atoms with Crippen molar-refractivity contribution >= 4 is 5.97 Å². The Morgan fingerprint density at radius 1 is 1.32 bits per heavy atom. The third-order valence-electron chi connectivity index (χ3n) is 3.77. The van der Waals surface area contributed by atoms with Crippen LogP contribution >= 0.6 is 0 Å². The number of esters is 1. The highest BCUT2D eigenvalue weighted by atomic mass is 16.5. The molecule has 1 saturated carbocycles. The van der Waals surface area contributed by atoms with E-state index < -0.39 is 5.54 Å². The molecule has 1 rings (SSSR count). The summed E-state index contributed by atoms with van der Waals surface area (Å²) in [6.07, 6.45) is 4.62. The van der Waals surface area contributed by atoms with Gasteiger partial charge in [0.05, 0.1) is 6.61 Å². The second kappa shape index (κ2) is 7.85. The molecule has 4 heteroatoms. The lowest BCUT2D eigenvalue weighted by Gasteiger charge is -2.31. The van der Waals surface area contributed by atoms with Gasteiger partial charge in [0.1, 0.15) is 5.54 Å². The summed E-state index contributed by atoms with van der Waals surface area (Å²) >= 11 is 0. The van der Waals surface area contributed by atoms with Crippen LogP contribution in [0.25, 0.3) is 0 Å². The molecule has 0 radical (unpaired) electrons. The summed E-state index contributed by atoms with van der Waals surface area (Å²) in [5.74, 6) is -0.121. The summed E-state index contributed by atoms with van der Waals surface area (Å²) in [6.45, 7) is 11.4. The second-order valence-electron chi connectivity index (χ2n) is 5.60. The predicted octanol–water partition coefficient (Wildman–Crippen LogP) is 2.18. The lowest BCUT2D eigenvalue weighted by Crippen LogP contribution is -2.52. The quantitative estimate of drug-likeness (QED) is 0.618. The Morgan fingerprint density at radius 2 is 2.00 bits per heavy atom.